The van der Waals surface area contributed by atoms with Crippen molar-refractivity contribution in [3.05, 3.63) is 28.3 Å². The summed E-state index contributed by atoms with van der Waals surface area (Å²) in [6, 6.07) is 4.73. The molecule has 0 amide bonds. The minimum Gasteiger partial charge on any atom is -0.490 e. The number of ether oxygens (including phenoxy) is 1. The molecule has 1 rings (SSSR count). The highest BCUT2D eigenvalue weighted by Crippen LogP contribution is 2.29. The van der Waals surface area contributed by atoms with Crippen molar-refractivity contribution in [2.24, 2.45) is 0 Å². The second-order valence-electron chi connectivity index (χ2n) is 3.73. The van der Waals surface area contributed by atoms with Crippen LogP contribution in [0.4, 0.5) is 11.4 Å². The smallest absolute Gasteiger partial charge is 0.311 e. The summed E-state index contributed by atoms with van der Waals surface area (Å²) in [5.74, 6) is 2.84. The van der Waals surface area contributed by atoms with Gasteiger partial charge in [-0.05, 0) is 18.9 Å². The number of nitro benzene ring substituents is 1. The first kappa shape index (κ1) is 13.8. The van der Waals surface area contributed by atoms with Crippen molar-refractivity contribution in [2.45, 2.75) is 19.3 Å². The van der Waals surface area contributed by atoms with Crippen LogP contribution in [0.15, 0.2) is 18.2 Å². The zero-order valence-electron chi connectivity index (χ0n) is 10.3. The van der Waals surface area contributed by atoms with Crippen molar-refractivity contribution < 1.29 is 9.66 Å². The predicted molar refractivity (Wildman–Crippen MR) is 70.8 cm³/mol. The lowest BCUT2D eigenvalue weighted by atomic mass is 10.2. The Hall–Kier alpha value is -2.22. The fourth-order valence-corrected chi connectivity index (χ4v) is 1.52. The Balaban J connectivity index is 2.58. The molecule has 0 aliphatic rings. The van der Waals surface area contributed by atoms with Crippen molar-refractivity contribution in [3.8, 4) is 18.1 Å². The molecular weight excluding hydrogens is 232 g/mol. The quantitative estimate of drug-likeness (QED) is 0.349. The number of anilines is 1. The van der Waals surface area contributed by atoms with Gasteiger partial charge in [0.25, 0.3) is 0 Å². The maximum absolute atomic E-state index is 10.7. The number of hydrogen-bond acceptors (Lipinski definition) is 4. The number of nitrogens with one attached hydrogen (secondary N) is 1. The highest BCUT2D eigenvalue weighted by atomic mass is 16.6. The summed E-state index contributed by atoms with van der Waals surface area (Å²) in [7, 11) is 1.42. The second-order valence-corrected chi connectivity index (χ2v) is 3.73. The maximum atomic E-state index is 10.7. The number of nitrogens with zero attached hydrogens (tertiary/aromatic N) is 1. The van der Waals surface area contributed by atoms with Crippen LogP contribution in [-0.4, -0.2) is 18.6 Å². The van der Waals surface area contributed by atoms with Crippen LogP contribution in [0.5, 0.6) is 5.75 Å². The van der Waals surface area contributed by atoms with Crippen LogP contribution in [-0.2, 0) is 0 Å². The van der Waals surface area contributed by atoms with Crippen LogP contribution in [0.25, 0.3) is 0 Å². The van der Waals surface area contributed by atoms with Gasteiger partial charge in [-0.2, -0.15) is 0 Å². The molecule has 0 aliphatic carbocycles. The van der Waals surface area contributed by atoms with E-state index in [1.165, 1.54) is 13.2 Å². The van der Waals surface area contributed by atoms with Gasteiger partial charge < -0.3 is 10.1 Å². The molecule has 0 heterocycles. The lowest BCUT2D eigenvalue weighted by Gasteiger charge is -2.08. The molecule has 18 heavy (non-hydrogen) atoms. The molecule has 0 atom stereocenters. The molecule has 96 valence electrons. The zero-order chi connectivity index (χ0) is 13.4. The first-order chi connectivity index (χ1) is 8.69. The summed E-state index contributed by atoms with van der Waals surface area (Å²) >= 11 is 0. The molecule has 0 saturated heterocycles. The number of nitro groups is 1. The summed E-state index contributed by atoms with van der Waals surface area (Å²) in [6.45, 7) is 0.780. The maximum Gasteiger partial charge on any atom is 0.311 e. The van der Waals surface area contributed by atoms with Gasteiger partial charge >= 0.3 is 5.69 Å². The topological polar surface area (TPSA) is 64.4 Å². The van der Waals surface area contributed by atoms with Crippen LogP contribution in [0.3, 0.4) is 0 Å². The third-order valence-electron chi connectivity index (χ3n) is 2.45. The Morgan fingerprint density at radius 3 is 2.89 bits per heavy atom. The number of methoxy groups -OCH3 is 1. The van der Waals surface area contributed by atoms with Gasteiger partial charge in [-0.1, -0.05) is 0 Å². The van der Waals surface area contributed by atoms with E-state index >= 15 is 0 Å². The van der Waals surface area contributed by atoms with Crippen LogP contribution in [0.2, 0.25) is 0 Å². The van der Waals surface area contributed by atoms with Gasteiger partial charge in [0.15, 0.2) is 5.75 Å². The average Bonchev–Trinajstić information content (AvgIpc) is 2.38. The summed E-state index contributed by atoms with van der Waals surface area (Å²) in [4.78, 5) is 10.2. The van der Waals surface area contributed by atoms with Gasteiger partial charge in [-0.15, -0.1) is 12.3 Å². The van der Waals surface area contributed by atoms with Gasteiger partial charge in [0.1, 0.15) is 0 Å². The van der Waals surface area contributed by atoms with Gasteiger partial charge in [0, 0.05) is 30.8 Å². The number of unbranched alkanes of at least 4 members (excludes halogenated alkanes) is 2. The van der Waals surface area contributed by atoms with Crippen LogP contribution in [0, 0.1) is 22.5 Å². The molecule has 0 aromatic heterocycles. The van der Waals surface area contributed by atoms with E-state index < -0.39 is 4.92 Å². The monoisotopic (exact) mass is 248 g/mol. The normalized spacial score (nSPS) is 9.56. The molecule has 0 spiro atoms. The number of hydrogen-bond donors (Lipinski definition) is 1. The molecule has 5 heteroatoms. The van der Waals surface area contributed by atoms with Crippen molar-refractivity contribution in [1.82, 2.24) is 0 Å². The number of benzene rings is 1. The lowest BCUT2D eigenvalue weighted by Crippen LogP contribution is -2.02. The molecule has 1 aromatic carbocycles. The van der Waals surface area contributed by atoms with Crippen LogP contribution >= 0.6 is 0 Å². The van der Waals surface area contributed by atoms with Crippen molar-refractivity contribution >= 4 is 11.4 Å². The van der Waals surface area contributed by atoms with E-state index in [0.29, 0.717) is 0 Å². The van der Waals surface area contributed by atoms with Crippen LogP contribution in [0.1, 0.15) is 19.3 Å². The Morgan fingerprint density at radius 1 is 1.50 bits per heavy atom. The van der Waals surface area contributed by atoms with E-state index in [9.17, 15) is 10.1 Å². The molecule has 0 saturated carbocycles. The van der Waals surface area contributed by atoms with Crippen molar-refractivity contribution in [3.63, 3.8) is 0 Å². The fraction of sp³-hybridized carbons (Fsp3) is 0.385. The van der Waals surface area contributed by atoms with Gasteiger partial charge in [-0.3, -0.25) is 10.1 Å². The van der Waals surface area contributed by atoms with Gasteiger partial charge in [-0.25, -0.2) is 0 Å². The van der Waals surface area contributed by atoms with Crippen molar-refractivity contribution in [1.29, 1.82) is 0 Å². The van der Waals surface area contributed by atoms with E-state index in [2.05, 4.69) is 11.2 Å². The van der Waals surface area contributed by atoms with Gasteiger partial charge in [0.2, 0.25) is 0 Å². The first-order valence-corrected chi connectivity index (χ1v) is 5.68. The molecule has 0 aliphatic heterocycles. The van der Waals surface area contributed by atoms with E-state index in [1.807, 2.05) is 0 Å². The van der Waals surface area contributed by atoms with E-state index in [0.717, 1.165) is 31.5 Å². The second kappa shape index (κ2) is 7.17. The SMILES string of the molecule is C#CCCCCNc1ccc([N+](=O)[O-])c(OC)c1. The summed E-state index contributed by atoms with van der Waals surface area (Å²) < 4.78 is 4.98. The van der Waals surface area contributed by atoms with Gasteiger partial charge in [0.05, 0.1) is 12.0 Å². The predicted octanol–water partition coefficient (Wildman–Crippen LogP) is 2.82. The largest absolute Gasteiger partial charge is 0.490 e. The standard InChI is InChI=1S/C13H16N2O3/c1-3-4-5-6-9-14-11-7-8-12(15(16)17)13(10-11)18-2/h1,7-8,10,14H,4-6,9H2,2H3. The lowest BCUT2D eigenvalue weighted by molar-refractivity contribution is -0.385. The first-order valence-electron chi connectivity index (χ1n) is 5.68. The highest BCUT2D eigenvalue weighted by Gasteiger charge is 2.14. The molecular formula is C13H16N2O3. The molecule has 5 nitrogen and oxygen atoms in total. The minimum atomic E-state index is -0.463. The van der Waals surface area contributed by atoms with E-state index in [1.54, 1.807) is 12.1 Å². The molecule has 0 bridgehead atoms. The molecule has 0 unspecified atom stereocenters. The van der Waals surface area contributed by atoms with E-state index in [4.69, 9.17) is 11.2 Å². The van der Waals surface area contributed by atoms with Crippen LogP contribution < -0.4 is 10.1 Å². The molecule has 1 aromatic rings. The third kappa shape index (κ3) is 3.98. The number of terminal acetylenes is 1. The molecule has 0 fully saturated rings. The Bertz CT molecular complexity index is 452. The number of rotatable bonds is 7. The summed E-state index contributed by atoms with van der Waals surface area (Å²) in [5, 5.41) is 13.9. The average molecular weight is 248 g/mol. The zero-order valence-corrected chi connectivity index (χ0v) is 10.3. The summed E-state index contributed by atoms with van der Waals surface area (Å²) in [5.41, 5.74) is 0.772. The van der Waals surface area contributed by atoms with Crippen molar-refractivity contribution in [2.75, 3.05) is 19.0 Å². The molecule has 1 N–H and O–H groups in total. The Morgan fingerprint density at radius 2 is 2.28 bits per heavy atom. The Kier molecular flexibility index (Phi) is 5.52. The highest BCUT2D eigenvalue weighted by molar-refractivity contribution is 5.57. The fourth-order valence-electron chi connectivity index (χ4n) is 1.52. The third-order valence-corrected chi connectivity index (χ3v) is 2.45. The van der Waals surface area contributed by atoms with E-state index in [-0.39, 0.29) is 11.4 Å². The summed E-state index contributed by atoms with van der Waals surface area (Å²) in [6.07, 6.45) is 7.85. The minimum absolute atomic E-state index is 0.0321. The molecule has 0 radical (unpaired) electrons. The Labute approximate surface area is 106 Å².